The van der Waals surface area contributed by atoms with Crippen molar-refractivity contribution in [3.8, 4) is 0 Å². The molecule has 2 aromatic rings. The van der Waals surface area contributed by atoms with Crippen molar-refractivity contribution in [1.29, 1.82) is 0 Å². The van der Waals surface area contributed by atoms with Crippen LogP contribution in [0.3, 0.4) is 0 Å². The maximum absolute atomic E-state index is 12.3. The van der Waals surface area contributed by atoms with Gasteiger partial charge < -0.3 is 21.1 Å². The molecule has 0 radical (unpaired) electrons. The summed E-state index contributed by atoms with van der Waals surface area (Å²) in [7, 11) is 0. The van der Waals surface area contributed by atoms with Gasteiger partial charge in [-0.05, 0) is 49.6 Å². The second-order valence-electron chi connectivity index (χ2n) is 6.77. The Bertz CT molecular complexity index is 769. The number of carbonyl (C=O) groups excluding carboxylic acids is 2. The monoisotopic (exact) mass is 353 g/mol. The molecule has 0 heterocycles. The van der Waals surface area contributed by atoms with Crippen LogP contribution in [-0.4, -0.2) is 29.6 Å². The first-order valence-electron chi connectivity index (χ1n) is 8.68. The van der Waals surface area contributed by atoms with Crippen LogP contribution in [0.25, 0.3) is 0 Å². The highest BCUT2D eigenvalue weighted by Crippen LogP contribution is 2.20. The Hall–Kier alpha value is -2.86. The fourth-order valence-corrected chi connectivity index (χ4v) is 2.54. The molecule has 0 bridgehead atoms. The van der Waals surface area contributed by atoms with Crippen LogP contribution in [-0.2, 0) is 5.60 Å². The normalized spacial score (nSPS) is 15.6. The van der Waals surface area contributed by atoms with Crippen molar-refractivity contribution < 1.29 is 14.7 Å². The Labute approximate surface area is 152 Å². The molecular weight excluding hydrogens is 330 g/mol. The molecule has 136 valence electrons. The number of benzene rings is 2. The van der Waals surface area contributed by atoms with Gasteiger partial charge in [-0.25, -0.2) is 4.79 Å². The van der Waals surface area contributed by atoms with E-state index < -0.39 is 5.60 Å². The molecule has 1 aliphatic rings. The van der Waals surface area contributed by atoms with Gasteiger partial charge in [0.25, 0.3) is 5.91 Å². The minimum Gasteiger partial charge on any atom is -0.384 e. The van der Waals surface area contributed by atoms with Crippen LogP contribution in [0.5, 0.6) is 0 Å². The number of hydrogen-bond donors (Lipinski definition) is 4. The third-order valence-electron chi connectivity index (χ3n) is 4.31. The molecule has 0 unspecified atom stereocenters. The Morgan fingerprint density at radius 1 is 1.08 bits per heavy atom. The quantitative estimate of drug-likeness (QED) is 0.643. The number of nitrogens with one attached hydrogen (secondary N) is 3. The molecule has 0 saturated heterocycles. The highest BCUT2D eigenvalue weighted by molar-refractivity contribution is 5.95. The lowest BCUT2D eigenvalue weighted by Crippen LogP contribution is -2.38. The van der Waals surface area contributed by atoms with E-state index in [1.807, 2.05) is 30.3 Å². The molecule has 1 saturated carbocycles. The van der Waals surface area contributed by atoms with E-state index >= 15 is 0 Å². The standard InChI is InChI=1S/C20H23N3O3/c1-20(26,15-5-3-2-4-6-15)13-21-18(24)14-7-9-16(10-8-14)22-19(25)23-17-11-12-17/h2-10,17,26H,11-13H2,1H3,(H,21,24)(H2,22,23,25)/t20-/m0/s1. The molecule has 6 heteroatoms. The largest absolute Gasteiger partial charge is 0.384 e. The van der Waals surface area contributed by atoms with E-state index in [0.29, 0.717) is 11.3 Å². The Balaban J connectivity index is 1.53. The summed E-state index contributed by atoms with van der Waals surface area (Å²) in [6.07, 6.45) is 2.05. The summed E-state index contributed by atoms with van der Waals surface area (Å²) in [6, 6.07) is 15.9. The van der Waals surface area contributed by atoms with Crippen LogP contribution in [0.4, 0.5) is 10.5 Å². The summed E-state index contributed by atoms with van der Waals surface area (Å²) in [6.45, 7) is 1.76. The molecule has 2 aromatic carbocycles. The SMILES string of the molecule is C[C@](O)(CNC(=O)c1ccc(NC(=O)NC2CC2)cc1)c1ccccc1. The number of rotatable bonds is 6. The van der Waals surface area contributed by atoms with E-state index in [-0.39, 0.29) is 24.5 Å². The highest BCUT2D eigenvalue weighted by Gasteiger charge is 2.24. The fourth-order valence-electron chi connectivity index (χ4n) is 2.54. The van der Waals surface area contributed by atoms with Gasteiger partial charge in [-0.3, -0.25) is 4.79 Å². The zero-order chi connectivity index (χ0) is 18.6. The number of hydrogen-bond acceptors (Lipinski definition) is 3. The summed E-state index contributed by atoms with van der Waals surface area (Å²) in [5.41, 5.74) is 0.666. The minimum atomic E-state index is -1.15. The average Bonchev–Trinajstić information content (AvgIpc) is 3.45. The van der Waals surface area contributed by atoms with Crippen molar-refractivity contribution in [2.75, 3.05) is 11.9 Å². The molecule has 26 heavy (non-hydrogen) atoms. The minimum absolute atomic E-state index is 0.0969. The summed E-state index contributed by atoms with van der Waals surface area (Å²) < 4.78 is 0. The predicted octanol–water partition coefficient (Wildman–Crippen LogP) is 2.61. The van der Waals surface area contributed by atoms with Gasteiger partial charge in [-0.15, -0.1) is 0 Å². The van der Waals surface area contributed by atoms with E-state index in [2.05, 4.69) is 16.0 Å². The van der Waals surface area contributed by atoms with Crippen molar-refractivity contribution >= 4 is 17.6 Å². The number of aliphatic hydroxyl groups is 1. The summed E-state index contributed by atoms with van der Waals surface area (Å²) in [5.74, 6) is -0.282. The van der Waals surface area contributed by atoms with Crippen molar-refractivity contribution in [2.45, 2.75) is 31.4 Å². The predicted molar refractivity (Wildman–Crippen MR) is 100.0 cm³/mol. The lowest BCUT2D eigenvalue weighted by Gasteiger charge is -2.24. The maximum Gasteiger partial charge on any atom is 0.319 e. The van der Waals surface area contributed by atoms with Gasteiger partial charge in [0.1, 0.15) is 5.60 Å². The Kier molecular flexibility index (Phi) is 5.23. The number of anilines is 1. The van der Waals surface area contributed by atoms with Crippen LogP contribution in [0.15, 0.2) is 54.6 Å². The van der Waals surface area contributed by atoms with Crippen LogP contribution >= 0.6 is 0 Å². The molecule has 1 aliphatic carbocycles. The maximum atomic E-state index is 12.3. The zero-order valence-corrected chi connectivity index (χ0v) is 14.7. The van der Waals surface area contributed by atoms with E-state index in [9.17, 15) is 14.7 Å². The van der Waals surface area contributed by atoms with Gasteiger partial charge in [0.2, 0.25) is 0 Å². The van der Waals surface area contributed by atoms with E-state index in [1.165, 1.54) is 0 Å². The van der Waals surface area contributed by atoms with Gasteiger partial charge in [0.05, 0.1) is 6.54 Å². The molecular formula is C20H23N3O3. The van der Waals surface area contributed by atoms with Gasteiger partial charge in [-0.1, -0.05) is 30.3 Å². The molecule has 3 amide bonds. The topological polar surface area (TPSA) is 90.5 Å². The Morgan fingerprint density at radius 2 is 1.73 bits per heavy atom. The second kappa shape index (κ2) is 7.58. The van der Waals surface area contributed by atoms with Crippen LogP contribution in [0, 0.1) is 0 Å². The lowest BCUT2D eigenvalue weighted by atomic mass is 9.96. The van der Waals surface area contributed by atoms with E-state index in [1.54, 1.807) is 31.2 Å². The second-order valence-corrected chi connectivity index (χ2v) is 6.77. The molecule has 6 nitrogen and oxygen atoms in total. The molecule has 1 atom stereocenters. The molecule has 1 fully saturated rings. The van der Waals surface area contributed by atoms with Gasteiger partial charge in [-0.2, -0.15) is 0 Å². The van der Waals surface area contributed by atoms with Crippen molar-refractivity contribution in [1.82, 2.24) is 10.6 Å². The number of amides is 3. The van der Waals surface area contributed by atoms with Crippen LogP contribution < -0.4 is 16.0 Å². The average molecular weight is 353 g/mol. The molecule has 4 N–H and O–H groups in total. The third-order valence-corrected chi connectivity index (χ3v) is 4.31. The first-order chi connectivity index (χ1) is 12.4. The van der Waals surface area contributed by atoms with Crippen molar-refractivity contribution in [2.24, 2.45) is 0 Å². The summed E-state index contributed by atoms with van der Waals surface area (Å²) in [4.78, 5) is 24.0. The van der Waals surface area contributed by atoms with Crippen LogP contribution in [0.2, 0.25) is 0 Å². The lowest BCUT2D eigenvalue weighted by molar-refractivity contribution is 0.0526. The molecule has 0 aromatic heterocycles. The number of carbonyl (C=O) groups is 2. The van der Waals surface area contributed by atoms with Gasteiger partial charge in [0.15, 0.2) is 0 Å². The van der Waals surface area contributed by atoms with Gasteiger partial charge >= 0.3 is 6.03 Å². The first kappa shape index (κ1) is 17.9. The van der Waals surface area contributed by atoms with Crippen LogP contribution in [0.1, 0.15) is 35.7 Å². The zero-order valence-electron chi connectivity index (χ0n) is 14.7. The van der Waals surface area contributed by atoms with Gasteiger partial charge in [0, 0.05) is 17.3 Å². The summed E-state index contributed by atoms with van der Waals surface area (Å²) >= 11 is 0. The Morgan fingerprint density at radius 3 is 2.35 bits per heavy atom. The van der Waals surface area contributed by atoms with Crippen molar-refractivity contribution in [3.05, 3.63) is 65.7 Å². The fraction of sp³-hybridized carbons (Fsp3) is 0.300. The van der Waals surface area contributed by atoms with E-state index in [0.717, 1.165) is 18.4 Å². The first-order valence-corrected chi connectivity index (χ1v) is 8.68. The third kappa shape index (κ3) is 4.83. The smallest absolute Gasteiger partial charge is 0.319 e. The molecule has 0 spiro atoms. The highest BCUT2D eigenvalue weighted by atomic mass is 16.3. The van der Waals surface area contributed by atoms with E-state index in [4.69, 9.17) is 0 Å². The molecule has 0 aliphatic heterocycles. The molecule has 3 rings (SSSR count). The number of urea groups is 1. The summed E-state index contributed by atoms with van der Waals surface area (Å²) in [5, 5.41) is 18.8. The van der Waals surface area contributed by atoms with Crippen molar-refractivity contribution in [3.63, 3.8) is 0 Å².